The van der Waals surface area contributed by atoms with Gasteiger partial charge in [-0.05, 0) is 93.0 Å². The standard InChI is InChI=1S/C52H47NS.C2H6/c1-5-20-44-49(6-2)54-51-50(44)46-33-40(31-32-48(46)52(51)36(3)21-10-7-15-26-39-27-16-19-30-47(39)52)42-28-17-18-29-43(42)41(35-53-4)34-45(37-22-11-8-12-23-37)38-24-13-9-14-25-38;1-2/h6-13,15-19,21-24,27-35,45H,2-3,5,14,20,25-26H2,1,4H3;1-2H3/b15-7-,21-10-,41-34+,53-35?;. The summed E-state index contributed by atoms with van der Waals surface area (Å²) in [5.41, 5.74) is 16.1. The van der Waals surface area contributed by atoms with Gasteiger partial charge in [-0.15, -0.1) is 11.3 Å². The van der Waals surface area contributed by atoms with E-state index in [0.29, 0.717) is 0 Å². The molecule has 1 aromatic heterocycles. The molecule has 4 aromatic carbocycles. The highest BCUT2D eigenvalue weighted by Gasteiger charge is 2.50. The zero-order valence-electron chi connectivity index (χ0n) is 33.4. The number of rotatable bonds is 9. The quantitative estimate of drug-likeness (QED) is 0.133. The van der Waals surface area contributed by atoms with Crippen LogP contribution in [0.15, 0.2) is 175 Å². The van der Waals surface area contributed by atoms with Gasteiger partial charge in [0.2, 0.25) is 0 Å². The summed E-state index contributed by atoms with van der Waals surface area (Å²) in [6.45, 7) is 15.5. The van der Waals surface area contributed by atoms with Crippen molar-refractivity contribution in [3.8, 4) is 22.3 Å². The molecule has 0 fully saturated rings. The van der Waals surface area contributed by atoms with E-state index in [4.69, 9.17) is 6.58 Å². The van der Waals surface area contributed by atoms with Gasteiger partial charge < -0.3 is 0 Å². The molecular formula is C54H53NS. The van der Waals surface area contributed by atoms with E-state index in [2.05, 4.69) is 170 Å². The number of aliphatic imine (C=N–C) groups is 1. The Morgan fingerprint density at radius 2 is 1.66 bits per heavy atom. The number of hydrogen-bond donors (Lipinski definition) is 0. The lowest BCUT2D eigenvalue weighted by Gasteiger charge is -2.34. The second-order valence-electron chi connectivity index (χ2n) is 14.4. The van der Waals surface area contributed by atoms with Crippen LogP contribution in [-0.4, -0.2) is 13.3 Å². The number of nitrogens with zero attached hydrogens (tertiary/aromatic N) is 1. The van der Waals surface area contributed by atoms with Crippen molar-refractivity contribution in [2.24, 2.45) is 4.99 Å². The SMILES string of the molecule is C=Cc1sc2c(c1CCC)-c1cc(-c3ccccc3/C(C=NC)=C/C(C3=CC=CCC3)c3ccccc3)ccc1C21C(=C)/C=C\C=C/Cc2ccccc21.CC. The Labute approximate surface area is 339 Å². The highest BCUT2D eigenvalue weighted by Crippen LogP contribution is 2.62. The normalized spacial score (nSPS) is 18.8. The summed E-state index contributed by atoms with van der Waals surface area (Å²) in [6.07, 6.45) is 27.2. The van der Waals surface area contributed by atoms with E-state index in [1.54, 1.807) is 0 Å². The van der Waals surface area contributed by atoms with Crippen molar-refractivity contribution in [1.29, 1.82) is 0 Å². The van der Waals surface area contributed by atoms with Gasteiger partial charge in [-0.25, -0.2) is 0 Å². The van der Waals surface area contributed by atoms with Crippen molar-refractivity contribution in [2.75, 3.05) is 7.05 Å². The molecule has 3 aliphatic rings. The lowest BCUT2D eigenvalue weighted by Crippen LogP contribution is -2.29. The predicted octanol–water partition coefficient (Wildman–Crippen LogP) is 14.7. The van der Waals surface area contributed by atoms with E-state index in [9.17, 15) is 0 Å². The molecule has 0 radical (unpaired) electrons. The Hall–Kier alpha value is -5.57. The lowest BCUT2D eigenvalue weighted by molar-refractivity contribution is 0.775. The molecule has 2 heteroatoms. The van der Waals surface area contributed by atoms with Crippen LogP contribution in [0, 0.1) is 0 Å². The number of benzene rings is 4. The highest BCUT2D eigenvalue weighted by atomic mass is 32.1. The summed E-state index contributed by atoms with van der Waals surface area (Å²) in [5.74, 6) is 0.149. The minimum absolute atomic E-state index is 0.149. The van der Waals surface area contributed by atoms with Crippen molar-refractivity contribution < 1.29 is 0 Å². The van der Waals surface area contributed by atoms with Gasteiger partial charge in [-0.1, -0.05) is 192 Å². The van der Waals surface area contributed by atoms with Crippen LogP contribution in [0.25, 0.3) is 33.9 Å². The Balaban J connectivity index is 0.00000237. The average molecular weight is 748 g/mol. The van der Waals surface area contributed by atoms with Gasteiger partial charge >= 0.3 is 0 Å². The minimum atomic E-state index is -0.499. The van der Waals surface area contributed by atoms with Crippen LogP contribution < -0.4 is 0 Å². The summed E-state index contributed by atoms with van der Waals surface area (Å²) < 4.78 is 0. The number of fused-ring (bicyclic) bond motifs is 7. The zero-order chi connectivity index (χ0) is 39.1. The van der Waals surface area contributed by atoms with E-state index in [1.165, 1.54) is 71.0 Å². The zero-order valence-corrected chi connectivity index (χ0v) is 34.2. The van der Waals surface area contributed by atoms with Crippen LogP contribution in [0.3, 0.4) is 0 Å². The summed E-state index contributed by atoms with van der Waals surface area (Å²) in [5, 5.41) is 0. The van der Waals surface area contributed by atoms with E-state index in [1.807, 2.05) is 38.4 Å². The van der Waals surface area contributed by atoms with Gasteiger partial charge in [0.1, 0.15) is 0 Å². The number of thiophene rings is 1. The van der Waals surface area contributed by atoms with Gasteiger partial charge in [-0.2, -0.15) is 0 Å². The molecule has 0 saturated carbocycles. The van der Waals surface area contributed by atoms with Crippen molar-refractivity contribution in [1.82, 2.24) is 0 Å². The fourth-order valence-electron chi connectivity index (χ4n) is 8.92. The number of allylic oxidation sites excluding steroid dienone is 11. The predicted molar refractivity (Wildman–Crippen MR) is 246 cm³/mol. The van der Waals surface area contributed by atoms with Crippen LogP contribution in [0.5, 0.6) is 0 Å². The van der Waals surface area contributed by atoms with Crippen LogP contribution in [0.2, 0.25) is 0 Å². The Bertz CT molecular complexity index is 2420. The van der Waals surface area contributed by atoms with E-state index >= 15 is 0 Å². The second-order valence-corrected chi connectivity index (χ2v) is 15.5. The molecule has 56 heavy (non-hydrogen) atoms. The molecule has 5 aromatic rings. The van der Waals surface area contributed by atoms with Gasteiger partial charge in [0.25, 0.3) is 0 Å². The Morgan fingerprint density at radius 1 is 0.875 bits per heavy atom. The molecule has 0 N–H and O–H groups in total. The van der Waals surface area contributed by atoms with E-state index in [-0.39, 0.29) is 5.92 Å². The third kappa shape index (κ3) is 6.92. The van der Waals surface area contributed by atoms with E-state index < -0.39 is 5.41 Å². The minimum Gasteiger partial charge on any atom is -0.296 e. The Kier molecular flexibility index (Phi) is 12.1. The molecule has 0 saturated heterocycles. The molecule has 0 bridgehead atoms. The molecule has 1 nitrogen and oxygen atoms in total. The van der Waals surface area contributed by atoms with Gasteiger partial charge in [0.05, 0.1) is 5.41 Å². The van der Waals surface area contributed by atoms with Crippen LogP contribution in [0.4, 0.5) is 0 Å². The maximum Gasteiger partial charge on any atom is 0.0804 e. The molecule has 3 aliphatic carbocycles. The largest absolute Gasteiger partial charge is 0.296 e. The molecule has 2 unspecified atom stereocenters. The number of hydrogen-bond acceptors (Lipinski definition) is 2. The molecule has 2 atom stereocenters. The fraction of sp³-hybridized carbons (Fsp3) is 0.204. The maximum absolute atomic E-state index is 4.86. The fourth-order valence-corrected chi connectivity index (χ4v) is 10.4. The smallest absolute Gasteiger partial charge is 0.0804 e. The van der Waals surface area contributed by atoms with Crippen molar-refractivity contribution in [3.63, 3.8) is 0 Å². The molecule has 0 aliphatic heterocycles. The van der Waals surface area contributed by atoms with Crippen LogP contribution in [-0.2, 0) is 18.3 Å². The summed E-state index contributed by atoms with van der Waals surface area (Å²) >= 11 is 1.91. The topological polar surface area (TPSA) is 12.4 Å². The third-order valence-electron chi connectivity index (χ3n) is 11.3. The van der Waals surface area contributed by atoms with E-state index in [0.717, 1.165) is 43.3 Å². The van der Waals surface area contributed by atoms with Crippen molar-refractivity contribution in [2.45, 2.75) is 64.2 Å². The average Bonchev–Trinajstić information content (AvgIpc) is 3.77. The first-order valence-electron chi connectivity index (χ1n) is 20.3. The van der Waals surface area contributed by atoms with Crippen molar-refractivity contribution >= 4 is 29.2 Å². The second kappa shape index (κ2) is 17.5. The van der Waals surface area contributed by atoms with Gasteiger partial charge in [0, 0.05) is 34.5 Å². The first-order chi connectivity index (χ1) is 27.6. The highest BCUT2D eigenvalue weighted by molar-refractivity contribution is 7.14. The molecule has 8 rings (SSSR count). The van der Waals surface area contributed by atoms with Crippen LogP contribution in [0.1, 0.15) is 89.1 Å². The van der Waals surface area contributed by atoms with Crippen molar-refractivity contribution in [3.05, 3.63) is 213 Å². The Morgan fingerprint density at radius 3 is 2.43 bits per heavy atom. The first kappa shape index (κ1) is 38.7. The molecular weight excluding hydrogens is 695 g/mol. The first-order valence-corrected chi connectivity index (χ1v) is 21.1. The summed E-state index contributed by atoms with van der Waals surface area (Å²) in [6, 6.07) is 36.0. The third-order valence-corrected chi connectivity index (χ3v) is 12.7. The maximum atomic E-state index is 4.86. The molecule has 0 amide bonds. The summed E-state index contributed by atoms with van der Waals surface area (Å²) in [7, 11) is 1.88. The molecule has 1 heterocycles. The lowest BCUT2D eigenvalue weighted by atomic mass is 9.68. The van der Waals surface area contributed by atoms with Gasteiger partial charge in [-0.3, -0.25) is 4.99 Å². The molecule has 280 valence electrons. The molecule has 1 spiro atoms. The van der Waals surface area contributed by atoms with Gasteiger partial charge in [0.15, 0.2) is 0 Å². The monoisotopic (exact) mass is 747 g/mol. The summed E-state index contributed by atoms with van der Waals surface area (Å²) in [4.78, 5) is 7.26. The van der Waals surface area contributed by atoms with Crippen LogP contribution >= 0.6 is 11.3 Å².